The van der Waals surface area contributed by atoms with Crippen molar-refractivity contribution in [2.75, 3.05) is 13.2 Å². The number of hydrogen-bond donors (Lipinski definition) is 1. The molecule has 0 rings (SSSR count). The van der Waals surface area contributed by atoms with E-state index in [0.29, 0.717) is 6.61 Å². The maximum absolute atomic E-state index is 10.7. The van der Waals surface area contributed by atoms with Gasteiger partial charge in [0.1, 0.15) is 6.61 Å². The maximum Gasteiger partial charge on any atom is 0.331 e. The summed E-state index contributed by atoms with van der Waals surface area (Å²) < 4.78 is 4.82. The molecule has 1 N–H and O–H groups in total. The van der Waals surface area contributed by atoms with Crippen LogP contribution in [0.4, 0.5) is 0 Å². The summed E-state index contributed by atoms with van der Waals surface area (Å²) in [7, 11) is 0. The van der Waals surface area contributed by atoms with Gasteiger partial charge in [-0.25, -0.2) is 4.79 Å². The number of ether oxygens (including phenoxy) is 1. The number of esters is 1. The van der Waals surface area contributed by atoms with Crippen molar-refractivity contribution in [2.45, 2.75) is 104 Å². The first-order valence-corrected chi connectivity index (χ1v) is 9.93. The van der Waals surface area contributed by atoms with Crippen LogP contribution in [0.1, 0.15) is 104 Å². The van der Waals surface area contributed by atoms with Crippen LogP contribution >= 0.6 is 0 Å². The fourth-order valence-electron chi connectivity index (χ4n) is 2.83. The smallest absolute Gasteiger partial charge is 0.331 e. The van der Waals surface area contributed by atoms with Crippen LogP contribution in [0.2, 0.25) is 0 Å². The molecule has 0 spiro atoms. The molecule has 0 fully saturated rings. The molecule has 0 aliphatic heterocycles. The molecule has 3 nitrogen and oxygen atoms in total. The molecule has 0 amide bonds. The molecule has 0 aromatic heterocycles. The third kappa shape index (κ3) is 19.4. The van der Waals surface area contributed by atoms with Gasteiger partial charge in [0.15, 0.2) is 0 Å². The molecule has 23 heavy (non-hydrogen) atoms. The number of aliphatic hydroxyl groups excluding tert-OH is 1. The Bertz CT molecular complexity index is 251. The van der Waals surface area contributed by atoms with Gasteiger partial charge in [-0.1, -0.05) is 97.3 Å². The summed E-state index contributed by atoms with van der Waals surface area (Å²) >= 11 is 0. The van der Waals surface area contributed by atoms with Gasteiger partial charge in [-0.2, -0.15) is 0 Å². The van der Waals surface area contributed by atoms with Crippen LogP contribution in [0, 0.1) is 5.92 Å². The molecule has 0 bridgehead atoms. The molecule has 0 heterocycles. The first-order valence-electron chi connectivity index (χ1n) is 9.93. The Hall–Kier alpha value is -0.570. The summed E-state index contributed by atoms with van der Waals surface area (Å²) in [5.41, 5.74) is 0. The highest BCUT2D eigenvalue weighted by atomic mass is 16.5. The van der Waals surface area contributed by atoms with E-state index in [1.807, 2.05) is 0 Å². The van der Waals surface area contributed by atoms with Crippen LogP contribution in [-0.2, 0) is 9.53 Å². The third-order valence-electron chi connectivity index (χ3n) is 4.32. The quantitative estimate of drug-likeness (QED) is 0.278. The van der Waals surface area contributed by atoms with E-state index in [4.69, 9.17) is 9.84 Å². The first-order chi connectivity index (χ1) is 11.2. The predicted octanol–water partition coefficient (Wildman–Crippen LogP) is 5.64. The largest absolute Gasteiger partial charge is 0.464 e. The summed E-state index contributed by atoms with van der Waals surface area (Å²) in [5.74, 6) is 0.357. The summed E-state index contributed by atoms with van der Waals surface area (Å²) in [6.07, 6.45) is 18.6. The lowest BCUT2D eigenvalue weighted by molar-refractivity contribution is -0.147. The van der Waals surface area contributed by atoms with Crippen LogP contribution in [0.3, 0.4) is 0 Å². The van der Waals surface area contributed by atoms with E-state index in [0.717, 1.165) is 18.8 Å². The van der Waals surface area contributed by atoms with Crippen LogP contribution in [0.5, 0.6) is 0 Å². The molecule has 0 saturated heterocycles. The van der Waals surface area contributed by atoms with Crippen molar-refractivity contribution in [3.63, 3.8) is 0 Å². The summed E-state index contributed by atoms with van der Waals surface area (Å²) in [4.78, 5) is 10.7. The maximum atomic E-state index is 10.7. The second-order valence-corrected chi connectivity index (χ2v) is 7.16. The molecule has 0 aromatic rings. The van der Waals surface area contributed by atoms with Crippen molar-refractivity contribution < 1.29 is 14.6 Å². The van der Waals surface area contributed by atoms with Gasteiger partial charge in [-0.3, -0.25) is 0 Å². The van der Waals surface area contributed by atoms with Crippen molar-refractivity contribution in [1.82, 2.24) is 0 Å². The second kappa shape index (κ2) is 17.8. The lowest BCUT2D eigenvalue weighted by atomic mass is 10.0. The number of carbonyl (C=O) groups is 1. The fraction of sp³-hybridized carbons (Fsp3) is 0.950. The minimum atomic E-state index is -0.509. The average molecular weight is 329 g/mol. The molecular formula is C20H40O3. The number of carbonyl (C=O) groups excluding carboxylic acids is 1. The molecule has 0 aromatic carbocycles. The van der Waals surface area contributed by atoms with Crippen molar-refractivity contribution in [3.8, 4) is 0 Å². The molecule has 3 heteroatoms. The van der Waals surface area contributed by atoms with E-state index < -0.39 is 12.6 Å². The molecular weight excluding hydrogens is 288 g/mol. The lowest BCUT2D eigenvalue weighted by Crippen LogP contribution is -2.09. The van der Waals surface area contributed by atoms with Crippen molar-refractivity contribution in [1.29, 1.82) is 0 Å². The van der Waals surface area contributed by atoms with E-state index >= 15 is 0 Å². The molecule has 138 valence electrons. The summed E-state index contributed by atoms with van der Waals surface area (Å²) in [5, 5.41) is 8.50. The second-order valence-electron chi connectivity index (χ2n) is 7.16. The van der Waals surface area contributed by atoms with Crippen molar-refractivity contribution in [2.24, 2.45) is 5.92 Å². The molecule has 0 aliphatic rings. The zero-order chi connectivity index (χ0) is 17.2. The van der Waals surface area contributed by atoms with Gasteiger partial charge in [0.25, 0.3) is 0 Å². The normalized spacial score (nSPS) is 11.1. The standard InChI is InChI=1S/C20H40O3/c1-19(2)16-14-12-10-8-6-4-3-5-7-9-11-13-15-17-23-20(22)18-21/h19,21H,3-18H2,1-2H3. The van der Waals surface area contributed by atoms with Crippen molar-refractivity contribution >= 4 is 5.97 Å². The Balaban J connectivity index is 3.01. The average Bonchev–Trinajstić information content (AvgIpc) is 2.53. The van der Waals surface area contributed by atoms with Gasteiger partial charge >= 0.3 is 5.97 Å². The lowest BCUT2D eigenvalue weighted by Gasteiger charge is -2.05. The Morgan fingerprint density at radius 2 is 1.13 bits per heavy atom. The van der Waals surface area contributed by atoms with Crippen LogP contribution < -0.4 is 0 Å². The van der Waals surface area contributed by atoms with Gasteiger partial charge in [-0.15, -0.1) is 0 Å². The Labute approximate surface area is 144 Å². The van der Waals surface area contributed by atoms with Gasteiger partial charge in [0.2, 0.25) is 0 Å². The molecule has 0 aliphatic carbocycles. The van der Waals surface area contributed by atoms with E-state index in [9.17, 15) is 4.79 Å². The number of aliphatic hydroxyl groups is 1. The van der Waals surface area contributed by atoms with E-state index in [-0.39, 0.29) is 0 Å². The van der Waals surface area contributed by atoms with E-state index in [2.05, 4.69) is 13.8 Å². The van der Waals surface area contributed by atoms with Gasteiger partial charge in [-0.05, 0) is 12.3 Å². The number of hydrogen-bond acceptors (Lipinski definition) is 3. The third-order valence-corrected chi connectivity index (χ3v) is 4.32. The molecule has 0 saturated carbocycles. The van der Waals surface area contributed by atoms with E-state index in [1.165, 1.54) is 77.0 Å². The highest BCUT2D eigenvalue weighted by Gasteiger charge is 1.98. The van der Waals surface area contributed by atoms with E-state index in [1.54, 1.807) is 0 Å². The number of rotatable bonds is 17. The van der Waals surface area contributed by atoms with Gasteiger partial charge in [0, 0.05) is 0 Å². The van der Waals surface area contributed by atoms with Crippen molar-refractivity contribution in [3.05, 3.63) is 0 Å². The Morgan fingerprint density at radius 3 is 1.52 bits per heavy atom. The predicted molar refractivity (Wildman–Crippen MR) is 97.5 cm³/mol. The van der Waals surface area contributed by atoms with Gasteiger partial charge < -0.3 is 9.84 Å². The fourth-order valence-corrected chi connectivity index (χ4v) is 2.83. The summed E-state index contributed by atoms with van der Waals surface area (Å²) in [6.45, 7) is 4.58. The zero-order valence-corrected chi connectivity index (χ0v) is 15.7. The highest BCUT2D eigenvalue weighted by Crippen LogP contribution is 2.14. The van der Waals surface area contributed by atoms with Crippen LogP contribution in [0.15, 0.2) is 0 Å². The zero-order valence-electron chi connectivity index (χ0n) is 15.7. The Kier molecular flexibility index (Phi) is 17.3. The number of unbranched alkanes of at least 4 members (excludes halogenated alkanes) is 12. The molecule has 0 unspecified atom stereocenters. The SMILES string of the molecule is CC(C)CCCCCCCCCCCCCCCOC(=O)CO. The minimum absolute atomic E-state index is 0.455. The monoisotopic (exact) mass is 328 g/mol. The molecule has 0 radical (unpaired) electrons. The highest BCUT2D eigenvalue weighted by molar-refractivity contribution is 5.70. The topological polar surface area (TPSA) is 46.5 Å². The Morgan fingerprint density at radius 1 is 0.739 bits per heavy atom. The van der Waals surface area contributed by atoms with Gasteiger partial charge in [0.05, 0.1) is 6.61 Å². The minimum Gasteiger partial charge on any atom is -0.464 e. The molecule has 0 atom stereocenters. The summed E-state index contributed by atoms with van der Waals surface area (Å²) in [6, 6.07) is 0. The van der Waals surface area contributed by atoms with Crippen LogP contribution in [-0.4, -0.2) is 24.3 Å². The first kappa shape index (κ1) is 22.4. The van der Waals surface area contributed by atoms with Crippen LogP contribution in [0.25, 0.3) is 0 Å².